The standard InChI is InChI=1S/C25H19FN2O4S2/c26-11-3-5-12(6-4-11)28-23(30)18-14-9-15(19(18)24(28)31)20-17(14)16(10-1-7-13(29)8-2-10)21-22(33-20)27-25(32)34-21/h1-8,14-20,29H,9H2,(H,27,32)/t14-,15+,16+,17+,18+,19+,20-/m0/s1. The summed E-state index contributed by atoms with van der Waals surface area (Å²) in [6, 6.07) is 12.6. The van der Waals surface area contributed by atoms with E-state index in [0.717, 1.165) is 21.9 Å². The molecule has 7 rings (SSSR count). The van der Waals surface area contributed by atoms with Gasteiger partial charge in [0.1, 0.15) is 11.6 Å². The van der Waals surface area contributed by atoms with Crippen LogP contribution in [0.5, 0.6) is 5.75 Å². The third-order valence-corrected chi connectivity index (χ3v) is 10.6. The quantitative estimate of drug-likeness (QED) is 0.527. The number of hydrogen-bond donors (Lipinski definition) is 2. The Hall–Kier alpha value is -2.91. The summed E-state index contributed by atoms with van der Waals surface area (Å²) in [5.74, 6) is -1.36. The molecule has 9 heteroatoms. The van der Waals surface area contributed by atoms with E-state index in [2.05, 4.69) is 4.98 Å². The Morgan fingerprint density at radius 2 is 1.62 bits per heavy atom. The van der Waals surface area contributed by atoms with Gasteiger partial charge in [0.15, 0.2) is 0 Å². The van der Waals surface area contributed by atoms with E-state index in [0.29, 0.717) is 5.69 Å². The Morgan fingerprint density at radius 3 is 2.32 bits per heavy atom. The number of phenolic OH excluding ortho intramolecular Hbond substituents is 1. The number of aromatic hydroxyl groups is 1. The molecule has 2 amide bonds. The number of aromatic amines is 1. The fourth-order valence-electron chi connectivity index (χ4n) is 6.92. The number of hydrogen-bond acceptors (Lipinski definition) is 6. The van der Waals surface area contributed by atoms with Crippen molar-refractivity contribution >= 4 is 40.6 Å². The number of halogens is 1. The molecule has 3 heterocycles. The highest BCUT2D eigenvalue weighted by Gasteiger charge is 2.69. The van der Waals surface area contributed by atoms with Crippen molar-refractivity contribution in [3.63, 3.8) is 0 Å². The van der Waals surface area contributed by atoms with Gasteiger partial charge in [-0.2, -0.15) is 0 Å². The van der Waals surface area contributed by atoms with Crippen LogP contribution in [0.2, 0.25) is 0 Å². The monoisotopic (exact) mass is 494 g/mol. The maximum absolute atomic E-state index is 13.6. The Labute approximate surface area is 201 Å². The summed E-state index contributed by atoms with van der Waals surface area (Å²) in [4.78, 5) is 44.5. The number of benzene rings is 2. The van der Waals surface area contributed by atoms with Crippen molar-refractivity contribution in [1.29, 1.82) is 0 Å². The van der Waals surface area contributed by atoms with Crippen molar-refractivity contribution in [1.82, 2.24) is 4.98 Å². The molecule has 1 aromatic heterocycles. The summed E-state index contributed by atoms with van der Waals surface area (Å²) in [6.07, 6.45) is 0.806. The minimum atomic E-state index is -0.414. The van der Waals surface area contributed by atoms with Crippen LogP contribution in [0.25, 0.3) is 0 Å². The highest BCUT2D eigenvalue weighted by Crippen LogP contribution is 2.68. The Morgan fingerprint density at radius 1 is 0.941 bits per heavy atom. The number of phenols is 1. The summed E-state index contributed by atoms with van der Waals surface area (Å²) in [6.45, 7) is 0. The molecule has 2 N–H and O–H groups in total. The van der Waals surface area contributed by atoms with Gasteiger partial charge in [-0.05, 0) is 66.1 Å². The second kappa shape index (κ2) is 7.05. The van der Waals surface area contributed by atoms with E-state index in [-0.39, 0.29) is 57.3 Å². The number of amides is 2. The molecule has 1 saturated heterocycles. The number of nitrogens with zero attached hydrogens (tertiary/aromatic N) is 1. The number of carbonyl (C=O) groups excluding carboxylic acids is 2. The predicted octanol–water partition coefficient (Wildman–Crippen LogP) is 3.96. The smallest absolute Gasteiger partial charge is 0.305 e. The number of anilines is 1. The topological polar surface area (TPSA) is 90.5 Å². The third kappa shape index (κ3) is 2.65. The van der Waals surface area contributed by atoms with Crippen molar-refractivity contribution in [2.24, 2.45) is 29.6 Å². The first-order valence-electron chi connectivity index (χ1n) is 11.2. The number of rotatable bonds is 2. The van der Waals surface area contributed by atoms with E-state index in [1.807, 2.05) is 12.1 Å². The second-order valence-electron chi connectivity index (χ2n) is 9.54. The number of H-pyrrole nitrogens is 1. The minimum absolute atomic E-state index is 0.0125. The summed E-state index contributed by atoms with van der Waals surface area (Å²) < 4.78 is 13.5. The number of fused-ring (bicyclic) bond motifs is 9. The van der Waals surface area contributed by atoms with Gasteiger partial charge in [0.2, 0.25) is 11.8 Å². The number of nitrogens with one attached hydrogen (secondary N) is 1. The lowest BCUT2D eigenvalue weighted by Crippen LogP contribution is -2.42. The molecule has 172 valence electrons. The highest BCUT2D eigenvalue weighted by atomic mass is 32.2. The largest absolute Gasteiger partial charge is 0.508 e. The zero-order chi connectivity index (χ0) is 23.3. The number of imide groups is 1. The molecule has 0 radical (unpaired) electrons. The summed E-state index contributed by atoms with van der Waals surface area (Å²) in [5.41, 5.74) is 1.42. The van der Waals surface area contributed by atoms with Gasteiger partial charge < -0.3 is 10.1 Å². The highest BCUT2D eigenvalue weighted by molar-refractivity contribution is 8.00. The molecule has 2 aromatic carbocycles. The Kier molecular flexibility index (Phi) is 4.24. The van der Waals surface area contributed by atoms with E-state index in [1.54, 1.807) is 23.9 Å². The molecular weight excluding hydrogens is 475 g/mol. The van der Waals surface area contributed by atoms with Gasteiger partial charge >= 0.3 is 4.87 Å². The van der Waals surface area contributed by atoms with Gasteiger partial charge in [0.05, 0.1) is 22.5 Å². The van der Waals surface area contributed by atoms with Gasteiger partial charge in [-0.25, -0.2) is 4.39 Å². The normalized spacial score (nSPS) is 33.2. The summed E-state index contributed by atoms with van der Waals surface area (Å²) in [5, 5.41) is 10.8. The summed E-state index contributed by atoms with van der Waals surface area (Å²) >= 11 is 2.84. The lowest BCUT2D eigenvalue weighted by atomic mass is 9.68. The van der Waals surface area contributed by atoms with Gasteiger partial charge in [-0.3, -0.25) is 19.3 Å². The van der Waals surface area contributed by atoms with E-state index >= 15 is 0 Å². The minimum Gasteiger partial charge on any atom is -0.508 e. The number of thiazole rings is 1. The predicted molar refractivity (Wildman–Crippen MR) is 125 cm³/mol. The third-order valence-electron chi connectivity index (χ3n) is 8.06. The van der Waals surface area contributed by atoms with Gasteiger partial charge in [0.25, 0.3) is 0 Å². The number of carbonyl (C=O) groups is 2. The molecule has 4 aliphatic rings. The van der Waals surface area contributed by atoms with E-state index in [9.17, 15) is 23.9 Å². The average molecular weight is 495 g/mol. The van der Waals surface area contributed by atoms with E-state index in [1.165, 1.54) is 40.5 Å². The van der Waals surface area contributed by atoms with Crippen molar-refractivity contribution in [3.8, 4) is 5.75 Å². The Balaban J connectivity index is 1.32. The molecule has 3 aromatic rings. The van der Waals surface area contributed by atoms with Gasteiger partial charge in [-0.15, -0.1) is 11.8 Å². The molecule has 2 saturated carbocycles. The molecule has 0 unspecified atom stereocenters. The first-order chi connectivity index (χ1) is 16.4. The van der Waals surface area contributed by atoms with Crippen molar-refractivity contribution in [2.75, 3.05) is 4.90 Å². The van der Waals surface area contributed by atoms with Crippen LogP contribution in [0.1, 0.15) is 22.8 Å². The zero-order valence-corrected chi connectivity index (χ0v) is 19.3. The molecule has 3 fully saturated rings. The average Bonchev–Trinajstić information content (AvgIpc) is 3.54. The van der Waals surface area contributed by atoms with Crippen LogP contribution in [-0.2, 0) is 9.59 Å². The van der Waals surface area contributed by atoms with Gasteiger partial charge in [0, 0.05) is 16.0 Å². The maximum Gasteiger partial charge on any atom is 0.305 e. The van der Waals surface area contributed by atoms with Crippen LogP contribution in [0, 0.1) is 35.4 Å². The molecule has 2 aliphatic heterocycles. The molecule has 0 spiro atoms. The summed E-state index contributed by atoms with van der Waals surface area (Å²) in [7, 11) is 0. The molecular formula is C25H19FN2O4S2. The van der Waals surface area contributed by atoms with Crippen LogP contribution in [0.4, 0.5) is 10.1 Å². The second-order valence-corrected chi connectivity index (χ2v) is 11.7. The van der Waals surface area contributed by atoms with Crippen LogP contribution in [-0.4, -0.2) is 27.2 Å². The lowest BCUT2D eigenvalue weighted by Gasteiger charge is -2.43. The fraction of sp³-hybridized carbons (Fsp3) is 0.320. The Bertz CT molecular complexity index is 1400. The SMILES string of the molecule is O=C1[C@@H]2[C@H]3C[C@@H]([C@@H]4Sc5[nH]c(=O)sc5[C@H](c5ccc(O)cc5)[C@@H]34)[C@H]2C(=O)N1c1ccc(F)cc1. The van der Waals surface area contributed by atoms with Crippen LogP contribution in [0.3, 0.4) is 0 Å². The molecule has 6 nitrogen and oxygen atoms in total. The van der Waals surface area contributed by atoms with E-state index in [4.69, 9.17) is 0 Å². The first-order valence-corrected chi connectivity index (χ1v) is 12.9. The van der Waals surface area contributed by atoms with Gasteiger partial charge in [-0.1, -0.05) is 23.5 Å². The number of aromatic nitrogens is 1. The van der Waals surface area contributed by atoms with E-state index < -0.39 is 11.7 Å². The first kappa shape index (κ1) is 20.5. The molecule has 2 bridgehead atoms. The lowest BCUT2D eigenvalue weighted by molar-refractivity contribution is -0.123. The molecule has 2 aliphatic carbocycles. The number of thioether (sulfide) groups is 1. The van der Waals surface area contributed by atoms with Crippen LogP contribution < -0.4 is 9.77 Å². The van der Waals surface area contributed by atoms with Crippen molar-refractivity contribution < 1.29 is 19.1 Å². The molecule has 7 atom stereocenters. The van der Waals surface area contributed by atoms with Crippen LogP contribution >= 0.6 is 23.1 Å². The zero-order valence-electron chi connectivity index (χ0n) is 17.7. The maximum atomic E-state index is 13.6. The van der Waals surface area contributed by atoms with Crippen molar-refractivity contribution in [3.05, 3.63) is 74.5 Å². The fourth-order valence-corrected chi connectivity index (χ4v) is 9.81. The van der Waals surface area contributed by atoms with Crippen LogP contribution in [0.15, 0.2) is 58.4 Å². The van der Waals surface area contributed by atoms with Crippen molar-refractivity contribution in [2.45, 2.75) is 22.6 Å². The molecule has 34 heavy (non-hydrogen) atoms.